The monoisotopic (exact) mass is 500 g/mol. The van der Waals surface area contributed by atoms with Gasteiger partial charge >= 0.3 is 0 Å². The van der Waals surface area contributed by atoms with Crippen LogP contribution in [0.15, 0.2) is 24.3 Å². The topological polar surface area (TPSA) is 94.5 Å². The molecule has 3 aliphatic carbocycles. The maximum absolute atomic E-state index is 17.2. The molecule has 2 saturated heterocycles. The quantitative estimate of drug-likeness (QED) is 0.586. The lowest BCUT2D eigenvalue weighted by atomic mass is 9.51. The first-order valence-electron chi connectivity index (χ1n) is 13.1. The van der Waals surface area contributed by atoms with E-state index in [0.29, 0.717) is 25.7 Å². The van der Waals surface area contributed by atoms with E-state index in [9.17, 15) is 10.2 Å². The summed E-state index contributed by atoms with van der Waals surface area (Å²) >= 11 is 0. The number of fused-ring (bicyclic) bond motifs is 2. The number of aromatic amines is 1. The molecule has 9 heteroatoms. The first-order chi connectivity index (χ1) is 17.0. The third-order valence-corrected chi connectivity index (χ3v) is 10.9. The Balaban J connectivity index is 1.30. The van der Waals surface area contributed by atoms with E-state index in [0.717, 1.165) is 16.6 Å². The number of aliphatic hydroxyl groups excluding tert-OH is 2. The lowest BCUT2D eigenvalue weighted by molar-refractivity contribution is -0.347. The van der Waals surface area contributed by atoms with Gasteiger partial charge in [-0.3, -0.25) is 0 Å². The number of aromatic nitrogens is 3. The predicted octanol–water partition coefficient (Wildman–Crippen LogP) is 3.33. The number of rotatable bonds is 2. The van der Waals surface area contributed by atoms with Crippen LogP contribution in [-0.4, -0.2) is 85.4 Å². The molecule has 3 N–H and O–H groups in total. The zero-order valence-electron chi connectivity index (χ0n) is 21.0. The fraction of sp³-hybridized carbons (Fsp3) is 0.704. The van der Waals surface area contributed by atoms with E-state index in [4.69, 9.17) is 4.74 Å². The summed E-state index contributed by atoms with van der Waals surface area (Å²) in [5.41, 5.74) is -3.19. The van der Waals surface area contributed by atoms with Gasteiger partial charge in [0, 0.05) is 18.4 Å². The van der Waals surface area contributed by atoms with Gasteiger partial charge in [-0.1, -0.05) is 19.1 Å². The van der Waals surface area contributed by atoms with Crippen LogP contribution in [0, 0.1) is 11.3 Å². The third kappa shape index (κ3) is 2.51. The zero-order chi connectivity index (χ0) is 25.3. The molecule has 36 heavy (non-hydrogen) atoms. The van der Waals surface area contributed by atoms with Crippen LogP contribution in [0.4, 0.5) is 8.78 Å². The summed E-state index contributed by atoms with van der Waals surface area (Å²) in [7, 11) is 3.62. The van der Waals surface area contributed by atoms with Crippen molar-refractivity contribution in [2.45, 2.75) is 92.7 Å². The minimum Gasteiger partial charge on any atom is -0.389 e. The Labute approximate surface area is 208 Å². The number of allylic oxidation sites excluding steroid dienone is 2. The minimum atomic E-state index is -2.33. The van der Waals surface area contributed by atoms with Gasteiger partial charge in [-0.15, -0.1) is 0 Å². The van der Waals surface area contributed by atoms with Gasteiger partial charge in [0.15, 0.2) is 5.67 Å². The van der Waals surface area contributed by atoms with Crippen LogP contribution in [0.1, 0.15) is 57.4 Å². The van der Waals surface area contributed by atoms with Crippen LogP contribution in [0.3, 0.4) is 0 Å². The Bertz CT molecular complexity index is 1280. The molecule has 2 spiro atoms. The standard InChI is InChI=1S/C27H34F2N4O3/c1-23-8-9-24(28)14-26(29)22(35)21(34)19(33(2)3)13-25(26)10-11-27(24,36-25)20(23)7-5-16(23)15-4-6-17-18(12-15)31-32-30-17/h4-6,12,19-22,34-35H,7-11,13-14H2,1-3H3,(H,30,31,32)/t19-,20?,21+,22-,23+,24?,25+,26?,27-/m0/s1. The van der Waals surface area contributed by atoms with Crippen molar-refractivity contribution in [2.75, 3.05) is 14.1 Å². The van der Waals surface area contributed by atoms with Crippen molar-refractivity contribution in [1.82, 2.24) is 20.3 Å². The number of aliphatic hydroxyl groups is 2. The summed E-state index contributed by atoms with van der Waals surface area (Å²) in [5, 5.41) is 32.9. The van der Waals surface area contributed by atoms with Crippen molar-refractivity contribution < 1.29 is 23.7 Å². The molecule has 2 aromatic rings. The van der Waals surface area contributed by atoms with Gasteiger partial charge in [-0.2, -0.15) is 15.4 Å². The molecule has 9 atom stereocenters. The summed E-state index contributed by atoms with van der Waals surface area (Å²) in [6.07, 6.45) is 1.17. The van der Waals surface area contributed by atoms with Gasteiger partial charge in [-0.05, 0) is 81.3 Å². The Morgan fingerprint density at radius 3 is 2.64 bits per heavy atom. The highest BCUT2D eigenvalue weighted by molar-refractivity contribution is 5.82. The van der Waals surface area contributed by atoms with E-state index in [1.54, 1.807) is 0 Å². The fourth-order valence-electron chi connectivity index (χ4n) is 8.98. The molecule has 3 unspecified atom stereocenters. The van der Waals surface area contributed by atoms with E-state index in [-0.39, 0.29) is 24.2 Å². The van der Waals surface area contributed by atoms with Gasteiger partial charge in [0.25, 0.3) is 0 Å². The molecule has 1 aromatic carbocycles. The van der Waals surface area contributed by atoms with Crippen LogP contribution in [0.5, 0.6) is 0 Å². The molecule has 2 bridgehead atoms. The number of alkyl halides is 2. The van der Waals surface area contributed by atoms with Crippen LogP contribution in [-0.2, 0) is 4.74 Å². The molecular formula is C27H34F2N4O3. The van der Waals surface area contributed by atoms with Crippen LogP contribution < -0.4 is 0 Å². The van der Waals surface area contributed by atoms with Crippen LogP contribution in [0.25, 0.3) is 16.6 Å². The number of benzene rings is 1. The van der Waals surface area contributed by atoms with Crippen molar-refractivity contribution in [3.8, 4) is 0 Å². The van der Waals surface area contributed by atoms with Gasteiger partial charge in [0.2, 0.25) is 0 Å². The average Bonchev–Trinajstić information content (AvgIpc) is 3.54. The van der Waals surface area contributed by atoms with Crippen LogP contribution >= 0.6 is 0 Å². The van der Waals surface area contributed by atoms with E-state index >= 15 is 8.78 Å². The molecule has 7 nitrogen and oxygen atoms in total. The van der Waals surface area contributed by atoms with Gasteiger partial charge in [-0.25, -0.2) is 8.78 Å². The van der Waals surface area contributed by atoms with Crippen LogP contribution in [0.2, 0.25) is 0 Å². The first-order valence-corrected chi connectivity index (χ1v) is 13.1. The number of hydrogen-bond donors (Lipinski definition) is 3. The first kappa shape index (κ1) is 23.2. The van der Waals surface area contributed by atoms with Crippen molar-refractivity contribution in [3.05, 3.63) is 29.8 Å². The number of H-pyrrole nitrogens is 1. The number of halogens is 2. The largest absolute Gasteiger partial charge is 0.389 e. The molecule has 5 aliphatic rings. The van der Waals surface area contributed by atoms with E-state index in [2.05, 4.69) is 28.4 Å². The summed E-state index contributed by atoms with van der Waals surface area (Å²) in [6, 6.07) is 5.55. The van der Waals surface area contributed by atoms with Crippen molar-refractivity contribution in [1.29, 1.82) is 0 Å². The predicted molar refractivity (Wildman–Crippen MR) is 129 cm³/mol. The molecule has 1 aromatic heterocycles. The molecule has 4 fully saturated rings. The Kier molecular flexibility index (Phi) is 4.46. The van der Waals surface area contributed by atoms with Crippen molar-refractivity contribution in [3.63, 3.8) is 0 Å². The smallest absolute Gasteiger partial charge is 0.171 e. The van der Waals surface area contributed by atoms with Crippen molar-refractivity contribution >= 4 is 16.6 Å². The highest BCUT2D eigenvalue weighted by Crippen LogP contribution is 2.74. The highest BCUT2D eigenvalue weighted by Gasteiger charge is 2.82. The zero-order valence-corrected chi connectivity index (χ0v) is 21.0. The molecule has 7 rings (SSSR count). The SMILES string of the molecule is CN(C)[C@H]1C[C@@]23CC[C@]4(O2)C2CC=C(c5ccc6n[nH]nc6c5)[C@@]2(C)CCC4(F)CC3(F)[C@@H](O)[C@@H]1O. The second kappa shape index (κ2) is 6.92. The number of nitrogens with zero attached hydrogens (tertiary/aromatic N) is 3. The molecule has 0 radical (unpaired) electrons. The molecule has 3 heterocycles. The Hall–Kier alpha value is -1.94. The summed E-state index contributed by atoms with van der Waals surface area (Å²) in [6.45, 7) is 2.20. The van der Waals surface area contributed by atoms with E-state index < -0.39 is 47.2 Å². The maximum Gasteiger partial charge on any atom is 0.171 e. The number of likely N-dealkylation sites (N-methyl/N-ethyl adjacent to an activating group) is 1. The second-order valence-corrected chi connectivity index (χ2v) is 12.5. The molecule has 2 aliphatic heterocycles. The number of ether oxygens (including phenoxy) is 1. The normalized spacial score (nSPS) is 49.6. The van der Waals surface area contributed by atoms with Gasteiger partial charge in [0.1, 0.15) is 34.0 Å². The summed E-state index contributed by atoms with van der Waals surface area (Å²) in [5.74, 6) is -0.141. The molecule has 194 valence electrons. The number of nitrogens with one attached hydrogen (secondary N) is 1. The number of hydrogen-bond acceptors (Lipinski definition) is 6. The van der Waals surface area contributed by atoms with E-state index in [1.165, 1.54) is 5.57 Å². The van der Waals surface area contributed by atoms with Gasteiger partial charge in [0.05, 0.1) is 6.10 Å². The lowest BCUT2D eigenvalue weighted by Crippen LogP contribution is -2.78. The molecular weight excluding hydrogens is 466 g/mol. The Morgan fingerprint density at radius 2 is 1.86 bits per heavy atom. The third-order valence-electron chi connectivity index (χ3n) is 10.9. The summed E-state index contributed by atoms with van der Waals surface area (Å²) < 4.78 is 40.8. The average molecular weight is 501 g/mol. The maximum atomic E-state index is 17.2. The molecule has 2 saturated carbocycles. The fourth-order valence-corrected chi connectivity index (χ4v) is 8.98. The summed E-state index contributed by atoms with van der Waals surface area (Å²) in [4.78, 5) is 1.81. The molecule has 0 amide bonds. The second-order valence-electron chi connectivity index (χ2n) is 12.5. The van der Waals surface area contributed by atoms with E-state index in [1.807, 2.05) is 37.2 Å². The lowest BCUT2D eigenvalue weighted by Gasteiger charge is -2.65. The van der Waals surface area contributed by atoms with Gasteiger partial charge < -0.3 is 19.8 Å². The van der Waals surface area contributed by atoms with Crippen molar-refractivity contribution in [2.24, 2.45) is 11.3 Å². The Morgan fingerprint density at radius 1 is 1.08 bits per heavy atom. The highest BCUT2D eigenvalue weighted by atomic mass is 19.2. The minimum absolute atomic E-state index is 0.141.